The molecule has 11 heteroatoms. The van der Waals surface area contributed by atoms with Crippen molar-refractivity contribution in [3.63, 3.8) is 0 Å². The van der Waals surface area contributed by atoms with Crippen molar-refractivity contribution in [2.75, 3.05) is 13.7 Å². The van der Waals surface area contributed by atoms with Gasteiger partial charge in [-0.2, -0.15) is 18.3 Å². The number of ether oxygens (including phenoxy) is 1. The molecular weight excluding hydrogens is 453 g/mol. The molecule has 1 aliphatic carbocycles. The number of hydrogen-bond donors (Lipinski definition) is 1. The molecule has 8 nitrogen and oxygen atoms in total. The second-order valence-electron chi connectivity index (χ2n) is 8.17. The zero-order chi connectivity index (χ0) is 24.5. The quantitative estimate of drug-likeness (QED) is 0.570. The fourth-order valence-corrected chi connectivity index (χ4v) is 4.29. The molecule has 1 saturated carbocycles. The van der Waals surface area contributed by atoms with Crippen molar-refractivity contribution in [3.05, 3.63) is 47.8 Å². The van der Waals surface area contributed by atoms with Gasteiger partial charge in [-0.3, -0.25) is 9.59 Å². The van der Waals surface area contributed by atoms with Crippen LogP contribution in [0.5, 0.6) is 5.75 Å². The number of methoxy groups -OCH3 is 1. The first-order chi connectivity index (χ1) is 16.2. The van der Waals surface area contributed by atoms with Crippen LogP contribution in [-0.4, -0.2) is 56.2 Å². The molecule has 0 spiro atoms. The fraction of sp³-hybridized carbons (Fsp3) is 0.391. The average Bonchev–Trinajstić information content (AvgIpc) is 3.25. The minimum atomic E-state index is -4.77. The maximum atomic E-state index is 13.9. The maximum absolute atomic E-state index is 13.9. The van der Waals surface area contributed by atoms with Gasteiger partial charge in [0.05, 0.1) is 19.0 Å². The van der Waals surface area contributed by atoms with E-state index in [2.05, 4.69) is 10.1 Å². The zero-order valence-corrected chi connectivity index (χ0v) is 18.4. The summed E-state index contributed by atoms with van der Waals surface area (Å²) < 4.78 is 47.3. The number of hydrogen-bond acceptors (Lipinski definition) is 5. The van der Waals surface area contributed by atoms with Crippen LogP contribution in [0.2, 0.25) is 0 Å². The Kier molecular flexibility index (Phi) is 6.45. The van der Waals surface area contributed by atoms with Crippen LogP contribution in [0.15, 0.2) is 36.5 Å². The molecule has 1 N–H and O–H groups in total. The molecule has 180 valence electrons. The third-order valence-electron chi connectivity index (χ3n) is 5.96. The first-order valence-corrected chi connectivity index (χ1v) is 10.8. The third kappa shape index (κ3) is 4.68. The Morgan fingerprint density at radius 1 is 1.18 bits per heavy atom. The number of amides is 1. The van der Waals surface area contributed by atoms with Gasteiger partial charge in [-0.15, -0.1) is 0 Å². The van der Waals surface area contributed by atoms with Crippen LogP contribution in [0.25, 0.3) is 16.9 Å². The van der Waals surface area contributed by atoms with Crippen molar-refractivity contribution >= 4 is 17.5 Å². The lowest BCUT2D eigenvalue weighted by Crippen LogP contribution is -2.44. The van der Waals surface area contributed by atoms with Crippen LogP contribution < -0.4 is 4.74 Å². The van der Waals surface area contributed by atoms with E-state index in [1.54, 1.807) is 24.3 Å². The summed E-state index contributed by atoms with van der Waals surface area (Å²) in [5.41, 5.74) is -1.16. The molecule has 0 unspecified atom stereocenters. The Bertz CT molecular complexity index is 1200. The van der Waals surface area contributed by atoms with Crippen LogP contribution in [0.4, 0.5) is 13.2 Å². The largest absolute Gasteiger partial charge is 0.497 e. The maximum Gasteiger partial charge on any atom is 0.433 e. The lowest BCUT2D eigenvalue weighted by atomic mass is 9.93. The van der Waals surface area contributed by atoms with Gasteiger partial charge in [0.15, 0.2) is 11.3 Å². The second kappa shape index (κ2) is 9.32. The number of nitrogens with zero attached hydrogens (tertiary/aromatic N) is 4. The molecule has 1 fully saturated rings. The standard InChI is InChI=1S/C23H23F3N4O4/c1-34-16-9-7-14(8-10-16)18-11-19(23(24,25)26)30-21(28-18)17(12-27-30)22(33)29(13-20(31)32)15-5-3-2-4-6-15/h7-12,15H,2-6,13H2,1H3,(H,31,32). The Hall–Kier alpha value is -3.63. The Morgan fingerprint density at radius 3 is 2.44 bits per heavy atom. The van der Waals surface area contributed by atoms with E-state index < -0.39 is 30.3 Å². The lowest BCUT2D eigenvalue weighted by Gasteiger charge is -2.33. The number of benzene rings is 1. The number of carbonyl (C=O) groups is 2. The van der Waals surface area contributed by atoms with Crippen molar-refractivity contribution < 1.29 is 32.6 Å². The minimum absolute atomic E-state index is 0.000482. The monoisotopic (exact) mass is 476 g/mol. The topological polar surface area (TPSA) is 97.0 Å². The van der Waals surface area contributed by atoms with Gasteiger partial charge in [0.1, 0.15) is 17.9 Å². The number of aromatic nitrogens is 3. The van der Waals surface area contributed by atoms with Crippen LogP contribution >= 0.6 is 0 Å². The highest BCUT2D eigenvalue weighted by atomic mass is 19.4. The smallest absolute Gasteiger partial charge is 0.433 e. The number of carbonyl (C=O) groups excluding carboxylic acids is 1. The van der Waals surface area contributed by atoms with Crippen molar-refractivity contribution in [1.29, 1.82) is 0 Å². The number of rotatable bonds is 6. The Labute approximate surface area is 193 Å². The van der Waals surface area contributed by atoms with E-state index in [1.165, 1.54) is 12.0 Å². The van der Waals surface area contributed by atoms with Gasteiger partial charge in [0.25, 0.3) is 5.91 Å². The van der Waals surface area contributed by atoms with E-state index in [0.29, 0.717) is 28.7 Å². The summed E-state index contributed by atoms with van der Waals surface area (Å²) in [6.45, 7) is -0.550. The van der Waals surface area contributed by atoms with E-state index in [1.807, 2.05) is 0 Å². The predicted molar refractivity (Wildman–Crippen MR) is 116 cm³/mol. The van der Waals surface area contributed by atoms with Crippen LogP contribution in [0, 0.1) is 0 Å². The molecule has 1 amide bonds. The molecule has 0 bridgehead atoms. The summed E-state index contributed by atoms with van der Waals surface area (Å²) in [6.07, 6.45) is 0.216. The first kappa shape index (κ1) is 23.5. The number of carboxylic acid groups (broad SMARTS) is 1. The summed E-state index contributed by atoms with van der Waals surface area (Å²) in [6, 6.07) is 6.87. The molecule has 0 radical (unpaired) electrons. The number of fused-ring (bicyclic) bond motifs is 1. The van der Waals surface area contributed by atoms with Gasteiger partial charge in [-0.1, -0.05) is 19.3 Å². The van der Waals surface area contributed by atoms with Gasteiger partial charge in [-0.25, -0.2) is 9.50 Å². The number of aliphatic carboxylic acids is 1. The fourth-order valence-electron chi connectivity index (χ4n) is 4.29. The Balaban J connectivity index is 1.83. The molecule has 0 saturated heterocycles. The summed E-state index contributed by atoms with van der Waals surface area (Å²) in [5.74, 6) is -1.37. The highest BCUT2D eigenvalue weighted by Crippen LogP contribution is 2.34. The van der Waals surface area contributed by atoms with Crippen LogP contribution in [0.3, 0.4) is 0 Å². The summed E-state index contributed by atoms with van der Waals surface area (Å²) >= 11 is 0. The second-order valence-corrected chi connectivity index (χ2v) is 8.17. The summed E-state index contributed by atoms with van der Waals surface area (Å²) in [4.78, 5) is 30.4. The van der Waals surface area contributed by atoms with Crippen molar-refractivity contribution in [1.82, 2.24) is 19.5 Å². The molecule has 3 aromatic rings. The van der Waals surface area contributed by atoms with E-state index in [-0.39, 0.29) is 22.9 Å². The van der Waals surface area contributed by atoms with E-state index in [0.717, 1.165) is 31.5 Å². The van der Waals surface area contributed by atoms with Gasteiger partial charge < -0.3 is 14.7 Å². The minimum Gasteiger partial charge on any atom is -0.497 e. The summed E-state index contributed by atoms with van der Waals surface area (Å²) in [5, 5.41) is 13.2. The van der Waals surface area contributed by atoms with Gasteiger partial charge in [0, 0.05) is 11.6 Å². The van der Waals surface area contributed by atoms with Gasteiger partial charge in [0.2, 0.25) is 0 Å². The van der Waals surface area contributed by atoms with Gasteiger partial charge in [-0.05, 0) is 43.2 Å². The third-order valence-corrected chi connectivity index (χ3v) is 5.96. The molecule has 2 aromatic heterocycles. The zero-order valence-electron chi connectivity index (χ0n) is 18.4. The molecule has 2 heterocycles. The molecule has 0 aliphatic heterocycles. The first-order valence-electron chi connectivity index (χ1n) is 10.8. The van der Waals surface area contributed by atoms with Crippen LogP contribution in [-0.2, 0) is 11.0 Å². The molecule has 0 atom stereocenters. The van der Waals surface area contributed by atoms with Gasteiger partial charge >= 0.3 is 12.1 Å². The lowest BCUT2D eigenvalue weighted by molar-refractivity contribution is -0.142. The van der Waals surface area contributed by atoms with Crippen LogP contribution in [0.1, 0.15) is 48.2 Å². The summed E-state index contributed by atoms with van der Waals surface area (Å²) in [7, 11) is 1.47. The highest BCUT2D eigenvalue weighted by Gasteiger charge is 2.37. The molecule has 1 aliphatic rings. The molecule has 1 aromatic carbocycles. The van der Waals surface area contributed by atoms with E-state index in [9.17, 15) is 27.9 Å². The van der Waals surface area contributed by atoms with Crippen molar-refractivity contribution in [2.24, 2.45) is 0 Å². The number of halogens is 3. The van der Waals surface area contributed by atoms with Crippen molar-refractivity contribution in [2.45, 2.75) is 44.3 Å². The van der Waals surface area contributed by atoms with E-state index in [4.69, 9.17) is 4.74 Å². The normalized spacial score (nSPS) is 14.8. The Morgan fingerprint density at radius 2 is 1.85 bits per heavy atom. The van der Waals surface area contributed by atoms with Crippen molar-refractivity contribution in [3.8, 4) is 17.0 Å². The number of alkyl halides is 3. The SMILES string of the molecule is COc1ccc(-c2cc(C(F)(F)F)n3ncc(C(=O)N(CC(=O)O)C4CCCCC4)c3n2)cc1. The predicted octanol–water partition coefficient (Wildman–Crippen LogP) is 4.28. The average molecular weight is 476 g/mol. The molecule has 34 heavy (non-hydrogen) atoms. The molecular formula is C23H23F3N4O4. The molecule has 4 rings (SSSR count). The highest BCUT2D eigenvalue weighted by molar-refractivity contribution is 6.01. The number of carboxylic acids is 1. The van der Waals surface area contributed by atoms with E-state index >= 15 is 0 Å².